The molecule has 37 heavy (non-hydrogen) atoms. The fraction of sp³-hybridized carbons (Fsp3) is 0.435. The predicted octanol–water partition coefficient (Wildman–Crippen LogP) is 4.34. The zero-order chi connectivity index (χ0) is 26.6. The number of alkyl halides is 5. The van der Waals surface area contributed by atoms with Crippen LogP contribution in [0.4, 0.5) is 22.0 Å². The number of halogens is 5. The number of benzene rings is 1. The zero-order valence-electron chi connectivity index (χ0n) is 19.5. The molecular weight excluding hydrogens is 505 g/mol. The first kappa shape index (κ1) is 26.5. The van der Waals surface area contributed by atoms with Gasteiger partial charge in [0.2, 0.25) is 0 Å². The van der Waals surface area contributed by atoms with Gasteiger partial charge >= 0.3 is 6.36 Å². The Bertz CT molecular complexity index is 1260. The number of hydrogen-bond donors (Lipinski definition) is 0. The van der Waals surface area contributed by atoms with Crippen molar-refractivity contribution in [2.75, 3.05) is 26.9 Å². The highest BCUT2D eigenvalue weighted by molar-refractivity contribution is 5.98. The maximum Gasteiger partial charge on any atom is 0.573 e. The summed E-state index contributed by atoms with van der Waals surface area (Å²) in [5.41, 5.74) is 0.00904. The number of aromatic nitrogens is 4. The summed E-state index contributed by atoms with van der Waals surface area (Å²) in [6, 6.07) is 3.84. The van der Waals surface area contributed by atoms with Gasteiger partial charge in [0.05, 0.1) is 42.6 Å². The van der Waals surface area contributed by atoms with E-state index in [-0.39, 0.29) is 23.7 Å². The van der Waals surface area contributed by atoms with E-state index in [0.717, 1.165) is 12.4 Å². The number of aliphatic imine (C=N–C) groups is 1. The third-order valence-corrected chi connectivity index (χ3v) is 5.74. The molecule has 9 nitrogen and oxygen atoms in total. The molecule has 3 heterocycles. The summed E-state index contributed by atoms with van der Waals surface area (Å²) in [4.78, 5) is 28.4. The van der Waals surface area contributed by atoms with Crippen LogP contribution in [0.15, 0.2) is 35.6 Å². The lowest BCUT2D eigenvalue weighted by molar-refractivity contribution is -0.274. The van der Waals surface area contributed by atoms with Crippen LogP contribution < -0.4 is 4.74 Å². The van der Waals surface area contributed by atoms with Crippen LogP contribution >= 0.6 is 0 Å². The molecule has 4 rings (SSSR count). The molecule has 1 aliphatic rings. The maximum absolute atomic E-state index is 12.7. The van der Waals surface area contributed by atoms with Crippen LogP contribution in [0.3, 0.4) is 0 Å². The molecule has 0 aliphatic carbocycles. The molecule has 1 unspecified atom stereocenters. The van der Waals surface area contributed by atoms with Crippen molar-refractivity contribution < 1.29 is 41.0 Å². The van der Waals surface area contributed by atoms with Crippen LogP contribution in [0.5, 0.6) is 5.75 Å². The topological polar surface area (TPSA) is 101 Å². The van der Waals surface area contributed by atoms with E-state index in [2.05, 4.69) is 24.7 Å². The minimum absolute atomic E-state index is 0.132. The lowest BCUT2D eigenvalue weighted by Crippen LogP contribution is -2.21. The van der Waals surface area contributed by atoms with Crippen molar-refractivity contribution in [1.29, 1.82) is 0 Å². The smallest absolute Gasteiger partial charge is 0.406 e. The number of imidazole rings is 1. The molecule has 0 spiro atoms. The summed E-state index contributed by atoms with van der Waals surface area (Å²) in [6.07, 6.45) is -3.95. The van der Waals surface area contributed by atoms with E-state index in [1.807, 2.05) is 0 Å². The molecule has 1 aromatic carbocycles. The first-order valence-corrected chi connectivity index (χ1v) is 11.2. The van der Waals surface area contributed by atoms with Crippen LogP contribution in [-0.2, 0) is 16.0 Å². The second-order valence-electron chi connectivity index (χ2n) is 8.17. The van der Waals surface area contributed by atoms with Crippen molar-refractivity contribution in [3.63, 3.8) is 0 Å². The van der Waals surface area contributed by atoms with E-state index in [4.69, 9.17) is 9.47 Å². The van der Waals surface area contributed by atoms with Gasteiger partial charge in [-0.15, -0.1) is 13.2 Å². The minimum atomic E-state index is -4.86. The highest BCUT2D eigenvalue weighted by Crippen LogP contribution is 2.33. The van der Waals surface area contributed by atoms with E-state index in [1.165, 1.54) is 31.5 Å². The summed E-state index contributed by atoms with van der Waals surface area (Å²) in [5, 5.41) is 0. The van der Waals surface area contributed by atoms with Crippen molar-refractivity contribution in [3.8, 4) is 5.75 Å². The van der Waals surface area contributed by atoms with Crippen molar-refractivity contribution in [2.45, 2.75) is 31.7 Å². The quantitative estimate of drug-likeness (QED) is 0.302. The molecule has 2 aromatic heterocycles. The van der Waals surface area contributed by atoms with Gasteiger partial charge in [-0.2, -0.15) is 0 Å². The molecule has 2 atom stereocenters. The highest BCUT2D eigenvalue weighted by atomic mass is 19.4. The average molecular weight is 527 g/mol. The number of hydrogen-bond acceptors (Lipinski definition) is 7. The molecule has 1 aliphatic heterocycles. The minimum Gasteiger partial charge on any atom is -0.406 e. The third kappa shape index (κ3) is 6.43. The monoisotopic (exact) mass is 527 g/mol. The summed E-state index contributed by atoms with van der Waals surface area (Å²) in [7, 11) is 1.51. The van der Waals surface area contributed by atoms with Crippen LogP contribution in [0.25, 0.3) is 11.0 Å². The maximum atomic E-state index is 12.7. The van der Waals surface area contributed by atoms with E-state index in [0.29, 0.717) is 37.5 Å². The molecule has 1 saturated heterocycles. The first-order chi connectivity index (χ1) is 17.7. The van der Waals surface area contributed by atoms with Crippen LogP contribution in [0.1, 0.15) is 40.8 Å². The number of methoxy groups -OCH3 is 1. The Morgan fingerprint density at radius 2 is 2.11 bits per heavy atom. The zero-order valence-corrected chi connectivity index (χ0v) is 19.5. The van der Waals surface area contributed by atoms with Crippen molar-refractivity contribution >= 4 is 23.2 Å². The summed E-state index contributed by atoms with van der Waals surface area (Å²) in [5.74, 6) is -1.46. The Balaban J connectivity index is 1.71. The van der Waals surface area contributed by atoms with E-state index < -0.39 is 36.1 Å². The fourth-order valence-corrected chi connectivity index (χ4v) is 4.01. The molecule has 0 radical (unpaired) electrons. The first-order valence-electron chi connectivity index (χ1n) is 11.2. The highest BCUT2D eigenvalue weighted by Gasteiger charge is 2.33. The molecule has 0 bridgehead atoms. The summed E-state index contributed by atoms with van der Waals surface area (Å²) < 4.78 is 80.1. The lowest BCUT2D eigenvalue weighted by Gasteiger charge is -2.19. The Kier molecular flexibility index (Phi) is 8.07. The van der Waals surface area contributed by atoms with Crippen LogP contribution in [-0.4, -0.2) is 64.9 Å². The molecule has 3 aromatic rings. The van der Waals surface area contributed by atoms with E-state index >= 15 is 0 Å². The van der Waals surface area contributed by atoms with Gasteiger partial charge in [0.25, 0.3) is 12.3 Å². The number of amides is 1. The Morgan fingerprint density at radius 3 is 2.73 bits per heavy atom. The molecular formula is C23H22F5N5O4. The largest absolute Gasteiger partial charge is 0.573 e. The number of carbonyl (C=O) groups is 1. The lowest BCUT2D eigenvalue weighted by atomic mass is 9.91. The van der Waals surface area contributed by atoms with Gasteiger partial charge in [0, 0.05) is 32.5 Å². The molecule has 1 amide bonds. The van der Waals surface area contributed by atoms with Gasteiger partial charge in [-0.1, -0.05) is 0 Å². The van der Waals surface area contributed by atoms with Crippen LogP contribution in [0.2, 0.25) is 0 Å². The van der Waals surface area contributed by atoms with E-state index in [1.54, 1.807) is 4.57 Å². The van der Waals surface area contributed by atoms with Gasteiger partial charge < -0.3 is 18.8 Å². The van der Waals surface area contributed by atoms with Gasteiger partial charge in [-0.25, -0.2) is 23.7 Å². The number of fused-ring (bicyclic) bond motifs is 1. The normalized spacial score (nSPS) is 17.2. The Hall–Kier alpha value is -3.52. The number of ether oxygens (including phenoxy) is 3. The van der Waals surface area contributed by atoms with E-state index in [9.17, 15) is 26.7 Å². The van der Waals surface area contributed by atoms with Gasteiger partial charge in [0.1, 0.15) is 23.0 Å². The number of carbonyl (C=O) groups excluding carboxylic acids is 1. The SMILES string of the molecule is COCCn1c(C(C=NC(=O)c2cnc(C(F)F)cn2)[C@@H]2CCOC2)nc2cc(OC(F)(F)F)ccc21. The third-order valence-electron chi connectivity index (χ3n) is 5.74. The summed E-state index contributed by atoms with van der Waals surface area (Å²) >= 11 is 0. The molecule has 14 heteroatoms. The standard InChI is InChI=1S/C23H22F5N5O4/c1-35-7-5-33-19-3-2-14(37-23(26,27)28)8-16(19)32-21(33)15(13-4-6-36-12-13)9-31-22(34)18-11-29-17(10-30-18)20(24)25/h2-3,8-11,13,15,20H,4-7,12H2,1H3/t13-,15?/m1/s1. The average Bonchev–Trinajstić information content (AvgIpc) is 3.50. The molecule has 198 valence electrons. The molecule has 0 N–H and O–H groups in total. The Labute approximate surface area is 207 Å². The van der Waals surface area contributed by atoms with Gasteiger partial charge in [-0.05, 0) is 24.5 Å². The fourth-order valence-electron chi connectivity index (χ4n) is 4.01. The van der Waals surface area contributed by atoms with Gasteiger partial charge in [0.15, 0.2) is 0 Å². The molecule has 0 saturated carbocycles. The summed E-state index contributed by atoms with van der Waals surface area (Å²) in [6.45, 7) is 1.44. The molecule has 1 fully saturated rings. The predicted molar refractivity (Wildman–Crippen MR) is 120 cm³/mol. The van der Waals surface area contributed by atoms with Crippen molar-refractivity contribution in [1.82, 2.24) is 19.5 Å². The van der Waals surface area contributed by atoms with Gasteiger partial charge in [-0.3, -0.25) is 9.78 Å². The Morgan fingerprint density at radius 1 is 1.30 bits per heavy atom. The van der Waals surface area contributed by atoms with Crippen molar-refractivity contribution in [2.24, 2.45) is 10.9 Å². The second-order valence-corrected chi connectivity index (χ2v) is 8.17. The van der Waals surface area contributed by atoms with Crippen molar-refractivity contribution in [3.05, 3.63) is 47.8 Å². The number of nitrogens with zero attached hydrogens (tertiary/aromatic N) is 5. The second kappa shape index (κ2) is 11.3. The van der Waals surface area contributed by atoms with Crippen LogP contribution in [0, 0.1) is 5.92 Å². The number of rotatable bonds is 9.